The maximum atomic E-state index is 12.6. The highest BCUT2D eigenvalue weighted by atomic mass is 32.2. The van der Waals surface area contributed by atoms with Gasteiger partial charge >= 0.3 is 0 Å². The van der Waals surface area contributed by atoms with Crippen molar-refractivity contribution >= 4 is 15.9 Å². The van der Waals surface area contributed by atoms with Crippen LogP contribution in [0.4, 0.5) is 0 Å². The van der Waals surface area contributed by atoms with Crippen LogP contribution in [0.1, 0.15) is 19.4 Å². The highest BCUT2D eigenvalue weighted by Gasteiger charge is 2.20. The van der Waals surface area contributed by atoms with Crippen molar-refractivity contribution in [2.24, 2.45) is 4.40 Å². The van der Waals surface area contributed by atoms with Crippen LogP contribution in [-0.4, -0.2) is 58.0 Å². The average Bonchev–Trinajstić information content (AvgIpc) is 2.52. The molecule has 0 aliphatic carbocycles. The summed E-state index contributed by atoms with van der Waals surface area (Å²) in [7, 11) is -3.71. The fourth-order valence-corrected chi connectivity index (χ4v) is 3.26. The van der Waals surface area contributed by atoms with Crippen LogP contribution >= 0.6 is 0 Å². The van der Waals surface area contributed by atoms with Gasteiger partial charge in [-0.15, -0.1) is 4.40 Å². The van der Waals surface area contributed by atoms with Crippen LogP contribution in [0.15, 0.2) is 33.6 Å². The molecule has 1 aromatic rings. The Morgan fingerprint density at radius 2 is 1.87 bits per heavy atom. The molecule has 0 unspecified atom stereocenters. The Hall–Kier alpha value is -1.44. The molecule has 0 amide bonds. The van der Waals surface area contributed by atoms with E-state index in [0.717, 1.165) is 5.56 Å². The van der Waals surface area contributed by atoms with Crippen LogP contribution in [0.2, 0.25) is 0 Å². The molecular formula is C16H25N3O3S. The first kappa shape index (κ1) is 17.9. The molecule has 1 fully saturated rings. The van der Waals surface area contributed by atoms with Gasteiger partial charge in [0.05, 0.1) is 24.7 Å². The second kappa shape index (κ2) is 7.90. The second-order valence-corrected chi connectivity index (χ2v) is 7.53. The molecule has 0 spiro atoms. The third-order valence-electron chi connectivity index (χ3n) is 3.59. The van der Waals surface area contributed by atoms with E-state index in [1.165, 1.54) is 0 Å². The number of nitrogens with zero attached hydrogens (tertiary/aromatic N) is 2. The lowest BCUT2D eigenvalue weighted by Crippen LogP contribution is -2.46. The quantitative estimate of drug-likeness (QED) is 0.649. The van der Waals surface area contributed by atoms with E-state index in [9.17, 15) is 8.42 Å². The van der Waals surface area contributed by atoms with Gasteiger partial charge in [-0.05, 0) is 19.1 Å². The molecule has 0 radical (unpaired) electrons. The van der Waals surface area contributed by atoms with Gasteiger partial charge in [-0.3, -0.25) is 0 Å². The molecule has 0 bridgehead atoms. The fourth-order valence-electron chi connectivity index (χ4n) is 2.22. The van der Waals surface area contributed by atoms with Gasteiger partial charge in [0.1, 0.15) is 5.84 Å². The van der Waals surface area contributed by atoms with Gasteiger partial charge in [-0.2, -0.15) is 8.42 Å². The molecule has 23 heavy (non-hydrogen) atoms. The molecule has 128 valence electrons. The van der Waals surface area contributed by atoms with Gasteiger partial charge in [0.25, 0.3) is 10.0 Å². The zero-order chi connectivity index (χ0) is 16.9. The van der Waals surface area contributed by atoms with Crippen LogP contribution in [0.3, 0.4) is 0 Å². The lowest BCUT2D eigenvalue weighted by molar-refractivity contribution is 0.0674. The average molecular weight is 339 g/mol. The van der Waals surface area contributed by atoms with Crippen molar-refractivity contribution in [1.82, 2.24) is 10.2 Å². The molecule has 7 heteroatoms. The third kappa shape index (κ3) is 5.30. The Bertz CT molecular complexity index is 633. The monoisotopic (exact) mass is 339 g/mol. The van der Waals surface area contributed by atoms with Gasteiger partial charge in [0.2, 0.25) is 0 Å². The normalized spacial score (nSPS) is 16.9. The molecule has 1 saturated heterocycles. The van der Waals surface area contributed by atoms with Gasteiger partial charge in [0, 0.05) is 19.1 Å². The Balaban J connectivity index is 2.27. The first-order valence-electron chi connectivity index (χ1n) is 7.85. The Morgan fingerprint density at radius 3 is 2.43 bits per heavy atom. The van der Waals surface area contributed by atoms with Gasteiger partial charge in [-0.25, -0.2) is 0 Å². The molecule has 1 N–H and O–H groups in total. The molecule has 1 aliphatic rings. The van der Waals surface area contributed by atoms with E-state index in [0.29, 0.717) is 38.7 Å². The molecule has 0 atom stereocenters. The van der Waals surface area contributed by atoms with E-state index in [1.807, 2.05) is 25.7 Å². The molecule has 1 aromatic carbocycles. The molecule has 6 nitrogen and oxygen atoms in total. The number of nitrogens with one attached hydrogen (secondary N) is 1. The standard InChI is InChI=1S/C16H25N3O3S/c1-13(2)17-12-16(19-8-10-22-11-9-19)18-23(20,21)15-6-4-14(3)5-7-15/h4-7,13,17H,8-12H2,1-3H3/b18-16+. The highest BCUT2D eigenvalue weighted by Crippen LogP contribution is 2.14. The number of hydrogen-bond acceptors (Lipinski definition) is 4. The minimum atomic E-state index is -3.71. The number of hydrogen-bond donors (Lipinski definition) is 1. The zero-order valence-corrected chi connectivity index (χ0v) is 14.8. The Morgan fingerprint density at radius 1 is 1.26 bits per heavy atom. The Kier molecular flexibility index (Phi) is 6.15. The number of ether oxygens (including phenoxy) is 1. The van der Waals surface area contributed by atoms with Crippen molar-refractivity contribution in [1.29, 1.82) is 0 Å². The summed E-state index contributed by atoms with van der Waals surface area (Å²) in [5, 5.41) is 3.25. The van der Waals surface area contributed by atoms with E-state index in [-0.39, 0.29) is 10.9 Å². The number of morpholine rings is 1. The van der Waals surface area contributed by atoms with E-state index < -0.39 is 10.0 Å². The molecule has 0 saturated carbocycles. The van der Waals surface area contributed by atoms with Gasteiger partial charge < -0.3 is 15.0 Å². The molecular weight excluding hydrogens is 314 g/mol. The number of rotatable bonds is 5. The maximum Gasteiger partial charge on any atom is 0.283 e. The maximum absolute atomic E-state index is 12.6. The number of aryl methyl sites for hydroxylation is 1. The van der Waals surface area contributed by atoms with Crippen molar-refractivity contribution in [3.8, 4) is 0 Å². The first-order chi connectivity index (χ1) is 10.9. The predicted molar refractivity (Wildman–Crippen MR) is 91.3 cm³/mol. The fraction of sp³-hybridized carbons (Fsp3) is 0.562. The van der Waals surface area contributed by atoms with Crippen LogP contribution in [0.5, 0.6) is 0 Å². The van der Waals surface area contributed by atoms with Crippen LogP contribution in [0.25, 0.3) is 0 Å². The number of sulfonamides is 1. The topological polar surface area (TPSA) is 71.0 Å². The zero-order valence-electron chi connectivity index (χ0n) is 13.9. The summed E-state index contributed by atoms with van der Waals surface area (Å²) in [6.07, 6.45) is 0. The summed E-state index contributed by atoms with van der Waals surface area (Å²) in [6, 6.07) is 7.01. The first-order valence-corrected chi connectivity index (χ1v) is 9.29. The lowest BCUT2D eigenvalue weighted by atomic mass is 10.2. The molecule has 0 aromatic heterocycles. The minimum absolute atomic E-state index is 0.221. The summed E-state index contributed by atoms with van der Waals surface area (Å²) in [4.78, 5) is 2.20. The third-order valence-corrected chi connectivity index (χ3v) is 4.91. The number of amidine groups is 1. The van der Waals surface area contributed by atoms with Crippen LogP contribution in [-0.2, 0) is 14.8 Å². The Labute approximate surface area is 138 Å². The summed E-state index contributed by atoms with van der Waals surface area (Å²) < 4.78 is 34.6. The van der Waals surface area contributed by atoms with Gasteiger partial charge in [0.15, 0.2) is 0 Å². The van der Waals surface area contributed by atoms with Crippen molar-refractivity contribution in [2.45, 2.75) is 31.7 Å². The minimum Gasteiger partial charge on any atom is -0.378 e. The van der Waals surface area contributed by atoms with E-state index in [4.69, 9.17) is 4.74 Å². The molecule has 1 aliphatic heterocycles. The van der Waals surface area contributed by atoms with E-state index in [1.54, 1.807) is 24.3 Å². The van der Waals surface area contributed by atoms with Crippen molar-refractivity contribution in [3.63, 3.8) is 0 Å². The van der Waals surface area contributed by atoms with Crippen LogP contribution in [0, 0.1) is 6.92 Å². The summed E-state index contributed by atoms with van der Waals surface area (Å²) in [6.45, 7) is 8.87. The van der Waals surface area contributed by atoms with Crippen molar-refractivity contribution in [3.05, 3.63) is 29.8 Å². The van der Waals surface area contributed by atoms with Crippen molar-refractivity contribution in [2.75, 3.05) is 32.8 Å². The number of benzene rings is 1. The lowest BCUT2D eigenvalue weighted by Gasteiger charge is -2.30. The van der Waals surface area contributed by atoms with E-state index >= 15 is 0 Å². The smallest absolute Gasteiger partial charge is 0.283 e. The summed E-state index contributed by atoms with van der Waals surface area (Å²) in [5.41, 5.74) is 1.02. The molecule has 2 rings (SSSR count). The van der Waals surface area contributed by atoms with Crippen LogP contribution < -0.4 is 5.32 Å². The van der Waals surface area contributed by atoms with Crippen molar-refractivity contribution < 1.29 is 13.2 Å². The van der Waals surface area contributed by atoms with Gasteiger partial charge in [-0.1, -0.05) is 31.5 Å². The summed E-state index contributed by atoms with van der Waals surface area (Å²) in [5.74, 6) is 0.544. The largest absolute Gasteiger partial charge is 0.378 e. The highest BCUT2D eigenvalue weighted by molar-refractivity contribution is 7.90. The SMILES string of the molecule is Cc1ccc(S(=O)(=O)/N=C(\CNC(C)C)N2CCOCC2)cc1. The predicted octanol–water partition coefficient (Wildman–Crippen LogP) is 1.41. The molecule has 1 heterocycles. The second-order valence-electron chi connectivity index (χ2n) is 5.93. The van der Waals surface area contributed by atoms with E-state index in [2.05, 4.69) is 9.71 Å². The summed E-state index contributed by atoms with van der Waals surface area (Å²) >= 11 is 0.